The van der Waals surface area contributed by atoms with E-state index in [2.05, 4.69) is 26.8 Å². The van der Waals surface area contributed by atoms with Gasteiger partial charge in [0, 0.05) is 56.8 Å². The van der Waals surface area contributed by atoms with Gasteiger partial charge in [0.2, 0.25) is 5.91 Å². The van der Waals surface area contributed by atoms with Gasteiger partial charge in [0.15, 0.2) is 0 Å². The van der Waals surface area contributed by atoms with E-state index in [1.54, 1.807) is 0 Å². The lowest BCUT2D eigenvalue weighted by molar-refractivity contribution is -0.137. The van der Waals surface area contributed by atoms with Crippen LogP contribution in [0.5, 0.6) is 0 Å². The fraction of sp³-hybridized carbons (Fsp3) is 0.692. The number of nitrogens with zero attached hydrogens (tertiary/aromatic N) is 3. The average Bonchev–Trinajstić information content (AvgIpc) is 3.03. The molecule has 0 radical (unpaired) electrons. The largest absolute Gasteiger partial charge is 0.338 e. The van der Waals surface area contributed by atoms with Crippen LogP contribution in [-0.4, -0.2) is 65.3 Å². The molecule has 5 nitrogen and oxygen atoms in total. The molecule has 1 aromatic carbocycles. The Morgan fingerprint density at radius 3 is 2.35 bits per heavy atom. The van der Waals surface area contributed by atoms with E-state index < -0.39 is 0 Å². The minimum Gasteiger partial charge on any atom is -0.338 e. The number of carbonyl (C=O) groups excluding carboxylic acids is 2. The van der Waals surface area contributed by atoms with Gasteiger partial charge in [0.05, 0.1) is 0 Å². The van der Waals surface area contributed by atoms with Crippen molar-refractivity contribution in [2.75, 3.05) is 32.7 Å². The molecule has 1 aromatic rings. The summed E-state index contributed by atoms with van der Waals surface area (Å²) in [4.78, 5) is 32.9. The van der Waals surface area contributed by atoms with Gasteiger partial charge in [0.1, 0.15) is 0 Å². The maximum atomic E-state index is 13.2. The van der Waals surface area contributed by atoms with E-state index >= 15 is 0 Å². The summed E-state index contributed by atoms with van der Waals surface area (Å²) in [6.45, 7) is 5.35. The minimum absolute atomic E-state index is 0.180. The van der Waals surface area contributed by atoms with Crippen LogP contribution in [0.3, 0.4) is 0 Å². The topological polar surface area (TPSA) is 43.9 Å². The van der Waals surface area contributed by atoms with E-state index in [9.17, 15) is 9.59 Å². The third-order valence-corrected chi connectivity index (χ3v) is 8.14. The first-order valence-corrected chi connectivity index (χ1v) is 12.6. The normalized spacial score (nSPS) is 23.7. The molecule has 2 aliphatic carbocycles. The zero-order valence-corrected chi connectivity index (χ0v) is 18.9. The molecule has 2 heterocycles. The molecule has 5 heteroatoms. The summed E-state index contributed by atoms with van der Waals surface area (Å²) in [6, 6.07) is 6.96. The lowest BCUT2D eigenvalue weighted by Crippen LogP contribution is -2.42. The number of fused-ring (bicyclic) bond motifs is 1. The van der Waals surface area contributed by atoms with Crippen molar-refractivity contribution in [2.24, 2.45) is 5.92 Å². The summed E-state index contributed by atoms with van der Waals surface area (Å²) in [5.74, 6) is 0.767. The summed E-state index contributed by atoms with van der Waals surface area (Å²) in [5.41, 5.74) is 3.30. The van der Waals surface area contributed by atoms with Crippen molar-refractivity contribution in [3.8, 4) is 0 Å². The first kappa shape index (κ1) is 21.0. The summed E-state index contributed by atoms with van der Waals surface area (Å²) >= 11 is 0. The highest BCUT2D eigenvalue weighted by molar-refractivity contribution is 5.94. The predicted octanol–water partition coefficient (Wildman–Crippen LogP) is 3.85. The highest BCUT2D eigenvalue weighted by Gasteiger charge is 2.30. The molecular formula is C26H37N3O2. The SMILES string of the molecule is O=C(c1ccc2c(c1)CCN(C(=O)C1CCCCC1)C2)N1CCCN(C2CCC2)CC1. The Balaban J connectivity index is 1.21. The monoisotopic (exact) mass is 423 g/mol. The predicted molar refractivity (Wildman–Crippen MR) is 122 cm³/mol. The zero-order chi connectivity index (χ0) is 21.2. The molecule has 2 saturated carbocycles. The molecule has 2 aliphatic heterocycles. The van der Waals surface area contributed by atoms with Gasteiger partial charge in [-0.2, -0.15) is 0 Å². The smallest absolute Gasteiger partial charge is 0.253 e. The molecule has 5 rings (SSSR count). The molecule has 0 spiro atoms. The van der Waals surface area contributed by atoms with Crippen molar-refractivity contribution in [1.29, 1.82) is 0 Å². The number of benzene rings is 1. The van der Waals surface area contributed by atoms with Crippen LogP contribution in [0.15, 0.2) is 18.2 Å². The number of carbonyl (C=O) groups is 2. The van der Waals surface area contributed by atoms with Gasteiger partial charge in [-0.15, -0.1) is 0 Å². The van der Waals surface area contributed by atoms with E-state index in [4.69, 9.17) is 0 Å². The standard InChI is InChI=1S/C26H37N3O2/c30-25(20-6-2-1-3-7-20)29-15-12-21-18-22(10-11-23(21)19-29)26(31)28-14-5-13-27(16-17-28)24-8-4-9-24/h10-11,18,20,24H,1-9,12-17,19H2. The molecule has 3 fully saturated rings. The number of rotatable bonds is 3. The Morgan fingerprint density at radius 2 is 1.58 bits per heavy atom. The van der Waals surface area contributed by atoms with Gasteiger partial charge in [-0.05, 0) is 61.8 Å². The second-order valence-corrected chi connectivity index (χ2v) is 10.1. The van der Waals surface area contributed by atoms with Crippen LogP contribution < -0.4 is 0 Å². The molecule has 0 unspecified atom stereocenters. The number of hydrogen-bond donors (Lipinski definition) is 0. The lowest BCUT2D eigenvalue weighted by Gasteiger charge is -2.36. The van der Waals surface area contributed by atoms with Crippen LogP contribution in [0.25, 0.3) is 0 Å². The Morgan fingerprint density at radius 1 is 0.742 bits per heavy atom. The van der Waals surface area contributed by atoms with Gasteiger partial charge >= 0.3 is 0 Å². The van der Waals surface area contributed by atoms with Crippen molar-refractivity contribution in [3.05, 3.63) is 34.9 Å². The lowest BCUT2D eigenvalue weighted by atomic mass is 9.87. The maximum absolute atomic E-state index is 13.2. The minimum atomic E-state index is 0.180. The van der Waals surface area contributed by atoms with Crippen molar-refractivity contribution in [3.63, 3.8) is 0 Å². The third-order valence-electron chi connectivity index (χ3n) is 8.14. The molecule has 31 heavy (non-hydrogen) atoms. The second-order valence-electron chi connectivity index (χ2n) is 10.1. The summed E-state index contributed by atoms with van der Waals surface area (Å²) in [5, 5.41) is 0. The summed E-state index contributed by atoms with van der Waals surface area (Å²) in [7, 11) is 0. The first-order valence-electron chi connectivity index (χ1n) is 12.6. The Hall–Kier alpha value is -1.88. The molecule has 2 amide bonds. The number of amides is 2. The zero-order valence-electron chi connectivity index (χ0n) is 18.9. The molecule has 0 bridgehead atoms. The molecule has 0 N–H and O–H groups in total. The highest BCUT2D eigenvalue weighted by atomic mass is 16.2. The van der Waals surface area contributed by atoms with Crippen molar-refractivity contribution in [2.45, 2.75) is 76.8 Å². The average molecular weight is 424 g/mol. The van der Waals surface area contributed by atoms with Crippen LogP contribution in [0.2, 0.25) is 0 Å². The van der Waals surface area contributed by atoms with Crippen LogP contribution in [-0.2, 0) is 17.8 Å². The second kappa shape index (κ2) is 9.32. The van der Waals surface area contributed by atoms with Crippen LogP contribution in [0, 0.1) is 5.92 Å². The van der Waals surface area contributed by atoms with Crippen LogP contribution in [0.1, 0.15) is 79.3 Å². The summed E-state index contributed by atoms with van der Waals surface area (Å²) < 4.78 is 0. The molecular weight excluding hydrogens is 386 g/mol. The Labute approximate surface area is 186 Å². The van der Waals surface area contributed by atoms with Crippen molar-refractivity contribution in [1.82, 2.24) is 14.7 Å². The van der Waals surface area contributed by atoms with E-state index in [0.29, 0.717) is 12.5 Å². The van der Waals surface area contributed by atoms with Gasteiger partial charge < -0.3 is 9.80 Å². The van der Waals surface area contributed by atoms with Gasteiger partial charge in [-0.25, -0.2) is 0 Å². The molecule has 168 valence electrons. The number of hydrogen-bond acceptors (Lipinski definition) is 3. The van der Waals surface area contributed by atoms with E-state index in [-0.39, 0.29) is 11.8 Å². The molecule has 4 aliphatic rings. The Bertz CT molecular complexity index is 813. The Kier molecular flexibility index (Phi) is 6.31. The van der Waals surface area contributed by atoms with E-state index in [1.807, 2.05) is 6.07 Å². The van der Waals surface area contributed by atoms with Crippen molar-refractivity contribution < 1.29 is 9.59 Å². The molecule has 0 aromatic heterocycles. The molecule has 1 saturated heterocycles. The molecule has 0 atom stereocenters. The third kappa shape index (κ3) is 4.52. The highest BCUT2D eigenvalue weighted by Crippen LogP contribution is 2.29. The first-order chi connectivity index (χ1) is 15.2. The van der Waals surface area contributed by atoms with Gasteiger partial charge in [-0.1, -0.05) is 31.7 Å². The van der Waals surface area contributed by atoms with Crippen LogP contribution >= 0.6 is 0 Å². The quantitative estimate of drug-likeness (QED) is 0.742. The van der Waals surface area contributed by atoms with E-state index in [1.165, 1.54) is 49.7 Å². The van der Waals surface area contributed by atoms with Gasteiger partial charge in [-0.3, -0.25) is 14.5 Å². The van der Waals surface area contributed by atoms with Crippen LogP contribution in [0.4, 0.5) is 0 Å². The summed E-state index contributed by atoms with van der Waals surface area (Å²) in [6.07, 6.45) is 11.8. The van der Waals surface area contributed by atoms with E-state index in [0.717, 1.165) is 70.0 Å². The fourth-order valence-corrected chi connectivity index (χ4v) is 5.92. The van der Waals surface area contributed by atoms with Gasteiger partial charge in [0.25, 0.3) is 5.91 Å². The maximum Gasteiger partial charge on any atom is 0.253 e. The fourth-order valence-electron chi connectivity index (χ4n) is 5.92. The van der Waals surface area contributed by atoms with Crippen molar-refractivity contribution >= 4 is 11.8 Å².